The van der Waals surface area contributed by atoms with E-state index in [1.165, 1.54) is 0 Å². The summed E-state index contributed by atoms with van der Waals surface area (Å²) in [4.78, 5) is 5.16. The van der Waals surface area contributed by atoms with E-state index in [1.54, 1.807) is 6.07 Å². The summed E-state index contributed by atoms with van der Waals surface area (Å²) in [5, 5.41) is 5.31. The molecule has 0 fully saturated rings. The van der Waals surface area contributed by atoms with Crippen LogP contribution in [0.25, 0.3) is 0 Å². The number of hydrogen-bond donors (Lipinski definition) is 0. The lowest BCUT2D eigenvalue weighted by Crippen LogP contribution is -2.03. The molecule has 0 aliphatic heterocycles. The molecule has 0 atom stereocenters. The number of hydrogen-bond acceptors (Lipinski definition) is 2. The van der Waals surface area contributed by atoms with Gasteiger partial charge in [0.1, 0.15) is 6.10 Å². The maximum absolute atomic E-state index is 6.06. The molecule has 0 aliphatic rings. The van der Waals surface area contributed by atoms with Gasteiger partial charge in [0, 0.05) is 16.5 Å². The van der Waals surface area contributed by atoms with E-state index >= 15 is 0 Å². The fourth-order valence-electron chi connectivity index (χ4n) is 1.17. The van der Waals surface area contributed by atoms with E-state index in [9.17, 15) is 0 Å². The van der Waals surface area contributed by atoms with Crippen molar-refractivity contribution in [2.24, 2.45) is 5.16 Å². The second kappa shape index (κ2) is 6.12. The van der Waals surface area contributed by atoms with Gasteiger partial charge in [-0.3, -0.25) is 0 Å². The summed E-state index contributed by atoms with van der Waals surface area (Å²) in [6.07, 6.45) is 0.763. The van der Waals surface area contributed by atoms with E-state index in [2.05, 4.69) is 5.16 Å². The van der Waals surface area contributed by atoms with Crippen LogP contribution in [0.15, 0.2) is 23.4 Å². The molecule has 0 amide bonds. The minimum absolute atomic E-state index is 0.0932. The fraction of sp³-hybridized carbons (Fsp3) is 0.417. The highest BCUT2D eigenvalue weighted by Crippen LogP contribution is 2.21. The average molecular weight is 260 g/mol. The topological polar surface area (TPSA) is 21.6 Å². The summed E-state index contributed by atoms with van der Waals surface area (Å²) in [5.41, 5.74) is 1.89. The molecule has 88 valence electrons. The van der Waals surface area contributed by atoms with E-state index in [0.717, 1.165) is 11.3 Å². The third-order valence-electron chi connectivity index (χ3n) is 1.88. The van der Waals surface area contributed by atoms with Gasteiger partial charge in [-0.2, -0.15) is 0 Å². The van der Waals surface area contributed by atoms with E-state index in [0.29, 0.717) is 16.5 Å². The minimum Gasteiger partial charge on any atom is -0.393 e. The Morgan fingerprint density at radius 1 is 1.38 bits per heavy atom. The van der Waals surface area contributed by atoms with Gasteiger partial charge >= 0.3 is 0 Å². The van der Waals surface area contributed by atoms with E-state index in [-0.39, 0.29) is 6.10 Å². The lowest BCUT2D eigenvalue weighted by Gasteiger charge is -2.06. The highest BCUT2D eigenvalue weighted by molar-refractivity contribution is 6.35. The highest BCUT2D eigenvalue weighted by atomic mass is 35.5. The molecule has 0 saturated carbocycles. The van der Waals surface area contributed by atoms with Crippen molar-refractivity contribution in [3.63, 3.8) is 0 Å². The zero-order chi connectivity index (χ0) is 12.1. The van der Waals surface area contributed by atoms with Crippen molar-refractivity contribution in [2.75, 3.05) is 0 Å². The lowest BCUT2D eigenvalue weighted by atomic mass is 10.1. The van der Waals surface area contributed by atoms with Crippen molar-refractivity contribution in [1.82, 2.24) is 0 Å². The van der Waals surface area contributed by atoms with E-state index < -0.39 is 0 Å². The van der Waals surface area contributed by atoms with Crippen molar-refractivity contribution >= 4 is 28.9 Å². The minimum atomic E-state index is 0.0932. The van der Waals surface area contributed by atoms with Gasteiger partial charge in [0.05, 0.1) is 5.71 Å². The Labute approximate surface area is 106 Å². The van der Waals surface area contributed by atoms with Crippen LogP contribution in [0.2, 0.25) is 10.0 Å². The zero-order valence-electron chi connectivity index (χ0n) is 9.63. The second-order valence-electron chi connectivity index (χ2n) is 3.89. The fourth-order valence-corrected chi connectivity index (χ4v) is 1.64. The molecule has 2 nitrogen and oxygen atoms in total. The first-order valence-corrected chi connectivity index (χ1v) is 5.88. The Morgan fingerprint density at radius 2 is 2.06 bits per heavy atom. The van der Waals surface area contributed by atoms with Crippen LogP contribution in [0.5, 0.6) is 0 Å². The van der Waals surface area contributed by atoms with Crippen LogP contribution in [-0.4, -0.2) is 11.8 Å². The van der Waals surface area contributed by atoms with Crippen molar-refractivity contribution in [2.45, 2.75) is 33.3 Å². The summed E-state index contributed by atoms with van der Waals surface area (Å²) in [7, 11) is 0. The van der Waals surface area contributed by atoms with E-state index in [1.807, 2.05) is 32.9 Å². The molecular formula is C12H15Cl2NO. The molecule has 0 N–H and O–H groups in total. The van der Waals surface area contributed by atoms with Gasteiger partial charge in [0.15, 0.2) is 0 Å². The molecule has 1 aromatic rings. The van der Waals surface area contributed by atoms with Crippen LogP contribution >= 0.6 is 23.2 Å². The van der Waals surface area contributed by atoms with Crippen molar-refractivity contribution in [3.05, 3.63) is 33.8 Å². The molecule has 0 bridgehead atoms. The Bertz CT molecular complexity index is 389. The molecular weight excluding hydrogens is 245 g/mol. The molecule has 1 aromatic carbocycles. The third kappa shape index (κ3) is 4.42. The van der Waals surface area contributed by atoms with Gasteiger partial charge in [-0.1, -0.05) is 34.4 Å². The smallest absolute Gasteiger partial charge is 0.122 e. The van der Waals surface area contributed by atoms with Gasteiger partial charge in [-0.05, 0) is 38.5 Å². The summed E-state index contributed by atoms with van der Waals surface area (Å²) in [6, 6.07) is 5.45. The Balaban J connectivity index is 2.69. The van der Waals surface area contributed by atoms with Gasteiger partial charge in [-0.25, -0.2) is 0 Å². The molecule has 0 heterocycles. The molecule has 1 rings (SSSR count). The van der Waals surface area contributed by atoms with Crippen LogP contribution in [0, 0.1) is 0 Å². The van der Waals surface area contributed by atoms with Crippen LogP contribution in [0.3, 0.4) is 0 Å². The van der Waals surface area contributed by atoms with E-state index in [4.69, 9.17) is 28.0 Å². The summed E-state index contributed by atoms with van der Waals surface area (Å²) < 4.78 is 0. The molecule has 4 heteroatoms. The first-order valence-electron chi connectivity index (χ1n) is 5.12. The molecule has 0 aliphatic carbocycles. The van der Waals surface area contributed by atoms with Gasteiger partial charge in [0.25, 0.3) is 0 Å². The quantitative estimate of drug-likeness (QED) is 0.583. The number of nitrogens with zero attached hydrogens (tertiary/aromatic N) is 1. The zero-order valence-corrected chi connectivity index (χ0v) is 11.1. The number of halogens is 2. The maximum Gasteiger partial charge on any atom is 0.122 e. The normalized spacial score (nSPS) is 12.0. The average Bonchev–Trinajstić information content (AvgIpc) is 2.19. The SMILES string of the molecule is C/C(Cc1ccc(Cl)cc1Cl)=N/OC(C)C. The predicted octanol–water partition coefficient (Wildman–Crippen LogP) is 4.34. The van der Waals surface area contributed by atoms with Crippen LogP contribution in [0.1, 0.15) is 26.3 Å². The highest BCUT2D eigenvalue weighted by Gasteiger charge is 2.03. The van der Waals surface area contributed by atoms with Gasteiger partial charge in [0.2, 0.25) is 0 Å². The number of benzene rings is 1. The molecule has 0 radical (unpaired) electrons. The second-order valence-corrected chi connectivity index (χ2v) is 4.74. The standard InChI is InChI=1S/C12H15Cl2NO/c1-8(2)16-15-9(3)6-10-4-5-11(13)7-12(10)14/h4-5,7-8H,6H2,1-3H3/b15-9-. The Hall–Kier alpha value is -0.730. The van der Waals surface area contributed by atoms with Crippen molar-refractivity contribution < 1.29 is 4.84 Å². The Morgan fingerprint density at radius 3 is 2.62 bits per heavy atom. The third-order valence-corrected chi connectivity index (χ3v) is 2.47. The molecule has 0 unspecified atom stereocenters. The van der Waals surface area contributed by atoms with Crippen LogP contribution in [0.4, 0.5) is 0 Å². The van der Waals surface area contributed by atoms with Crippen molar-refractivity contribution in [1.29, 1.82) is 0 Å². The number of oxime groups is 1. The summed E-state index contributed by atoms with van der Waals surface area (Å²) >= 11 is 11.9. The molecule has 16 heavy (non-hydrogen) atoms. The predicted molar refractivity (Wildman–Crippen MR) is 69.5 cm³/mol. The Kier molecular flexibility index (Phi) is 5.10. The van der Waals surface area contributed by atoms with Gasteiger partial charge in [-0.15, -0.1) is 0 Å². The first kappa shape index (κ1) is 13.3. The van der Waals surface area contributed by atoms with Crippen molar-refractivity contribution in [3.8, 4) is 0 Å². The summed E-state index contributed by atoms with van der Waals surface area (Å²) in [6.45, 7) is 5.78. The van der Waals surface area contributed by atoms with Gasteiger partial charge < -0.3 is 4.84 Å². The lowest BCUT2D eigenvalue weighted by molar-refractivity contribution is 0.0854. The molecule has 0 saturated heterocycles. The summed E-state index contributed by atoms with van der Waals surface area (Å²) in [5.74, 6) is 0. The first-order chi connectivity index (χ1) is 7.49. The largest absolute Gasteiger partial charge is 0.393 e. The van der Waals surface area contributed by atoms with Crippen LogP contribution in [-0.2, 0) is 11.3 Å². The molecule has 0 aromatic heterocycles. The van der Waals surface area contributed by atoms with Crippen LogP contribution < -0.4 is 0 Å². The maximum atomic E-state index is 6.06. The molecule has 0 spiro atoms. The number of rotatable bonds is 4. The monoisotopic (exact) mass is 259 g/mol.